The maximum absolute atomic E-state index is 12.5. The molecule has 2 heterocycles. The number of hydrogen-bond acceptors (Lipinski definition) is 4. The molecule has 0 spiro atoms. The van der Waals surface area contributed by atoms with E-state index in [1.54, 1.807) is 11.8 Å². The summed E-state index contributed by atoms with van der Waals surface area (Å²) in [6.45, 7) is 12.5. The first-order chi connectivity index (χ1) is 16.3. The van der Waals surface area contributed by atoms with E-state index in [1.165, 1.54) is 10.5 Å². The molecule has 7 nitrogen and oxygen atoms in total. The van der Waals surface area contributed by atoms with E-state index in [4.69, 9.17) is 0 Å². The molecule has 2 aromatic carbocycles. The van der Waals surface area contributed by atoms with E-state index in [9.17, 15) is 14.7 Å². The van der Waals surface area contributed by atoms with Crippen LogP contribution in [0.2, 0.25) is 0 Å². The monoisotopic (exact) mass is 464 g/mol. The van der Waals surface area contributed by atoms with Crippen molar-refractivity contribution in [1.82, 2.24) is 15.1 Å². The average Bonchev–Trinajstić information content (AvgIpc) is 2.79. The minimum absolute atomic E-state index is 0.0244. The minimum Gasteiger partial charge on any atom is -0.465 e. The third kappa shape index (κ3) is 4.95. The molecule has 0 bridgehead atoms. The Hall–Kier alpha value is -2.90. The standard InChI is InChI=1S/C27H36N4O3/c1-18(2)30(27(33)34)26-15-19(3)31(20(4)32)25-10-9-23(16-24(25)26)22-7-5-21(6-8-22)17-29-13-11-28-12-14-29/h5-10,16,18-19,26,28H,11-15,17H2,1-4H3,(H,33,34)/t19-,26+/m0/s1. The molecule has 2 aliphatic heterocycles. The van der Waals surface area contributed by atoms with Gasteiger partial charge >= 0.3 is 6.09 Å². The van der Waals surface area contributed by atoms with Crippen molar-refractivity contribution in [3.05, 3.63) is 53.6 Å². The lowest BCUT2D eigenvalue weighted by Gasteiger charge is -2.43. The Morgan fingerprint density at radius 2 is 1.74 bits per heavy atom. The molecule has 7 heteroatoms. The molecule has 0 aromatic heterocycles. The third-order valence-corrected chi connectivity index (χ3v) is 7.01. The van der Waals surface area contributed by atoms with Crippen LogP contribution in [-0.2, 0) is 11.3 Å². The Balaban J connectivity index is 1.67. The number of carbonyl (C=O) groups is 2. The van der Waals surface area contributed by atoms with Crippen molar-refractivity contribution in [3.63, 3.8) is 0 Å². The van der Waals surface area contributed by atoms with Crippen molar-refractivity contribution in [2.24, 2.45) is 0 Å². The first kappa shape index (κ1) is 24.2. The number of nitrogens with one attached hydrogen (secondary N) is 1. The normalized spacial score (nSPS) is 20.8. The van der Waals surface area contributed by atoms with Crippen LogP contribution in [0.4, 0.5) is 10.5 Å². The predicted octanol–water partition coefficient (Wildman–Crippen LogP) is 4.33. The van der Waals surface area contributed by atoms with Gasteiger partial charge in [0.2, 0.25) is 5.91 Å². The second-order valence-corrected chi connectivity index (χ2v) is 9.77. The van der Waals surface area contributed by atoms with E-state index in [1.807, 2.05) is 32.9 Å². The van der Waals surface area contributed by atoms with Crippen LogP contribution in [0.15, 0.2) is 42.5 Å². The second kappa shape index (κ2) is 10.2. The number of nitrogens with zero attached hydrogens (tertiary/aromatic N) is 3. The molecule has 2 N–H and O–H groups in total. The van der Waals surface area contributed by atoms with Crippen molar-refractivity contribution < 1.29 is 14.7 Å². The van der Waals surface area contributed by atoms with Gasteiger partial charge in [0, 0.05) is 57.4 Å². The SMILES string of the molecule is CC(=O)N1c2ccc(-c3ccc(CN4CCNCC4)cc3)cc2[C@H](N(C(=O)O)C(C)C)C[C@@H]1C. The van der Waals surface area contributed by atoms with E-state index < -0.39 is 6.09 Å². The Bertz CT molecular complexity index is 1030. The maximum Gasteiger partial charge on any atom is 0.408 e. The molecule has 4 rings (SSSR count). The highest BCUT2D eigenvalue weighted by Crippen LogP contribution is 2.43. The van der Waals surface area contributed by atoms with Crippen molar-refractivity contribution in [2.75, 3.05) is 31.1 Å². The molecule has 2 atom stereocenters. The summed E-state index contributed by atoms with van der Waals surface area (Å²) in [6, 6.07) is 14.2. The molecule has 2 aromatic rings. The minimum atomic E-state index is -0.933. The first-order valence-corrected chi connectivity index (χ1v) is 12.2. The average molecular weight is 465 g/mol. The number of fused-ring (bicyclic) bond motifs is 1. The van der Waals surface area contributed by atoms with Gasteiger partial charge in [0.1, 0.15) is 0 Å². The lowest BCUT2D eigenvalue weighted by molar-refractivity contribution is -0.117. The Morgan fingerprint density at radius 3 is 2.32 bits per heavy atom. The summed E-state index contributed by atoms with van der Waals surface area (Å²) in [7, 11) is 0. The van der Waals surface area contributed by atoms with Gasteiger partial charge in [-0.2, -0.15) is 0 Å². The Labute approximate surface area is 202 Å². The van der Waals surface area contributed by atoms with Crippen molar-refractivity contribution in [2.45, 2.75) is 58.8 Å². The predicted molar refractivity (Wildman–Crippen MR) is 135 cm³/mol. The fraction of sp³-hybridized carbons (Fsp3) is 0.481. The molecule has 0 aliphatic carbocycles. The van der Waals surface area contributed by atoms with Gasteiger partial charge in [0.15, 0.2) is 0 Å². The van der Waals surface area contributed by atoms with Crippen molar-refractivity contribution in [3.8, 4) is 11.1 Å². The summed E-state index contributed by atoms with van der Waals surface area (Å²) in [4.78, 5) is 30.4. The smallest absolute Gasteiger partial charge is 0.408 e. The van der Waals surface area contributed by atoms with Crippen molar-refractivity contribution >= 4 is 17.7 Å². The summed E-state index contributed by atoms with van der Waals surface area (Å²) >= 11 is 0. The number of carbonyl (C=O) groups excluding carboxylic acids is 1. The van der Waals surface area contributed by atoms with Gasteiger partial charge < -0.3 is 15.3 Å². The molecule has 1 saturated heterocycles. The summed E-state index contributed by atoms with van der Waals surface area (Å²) < 4.78 is 0. The maximum atomic E-state index is 12.5. The van der Waals surface area contributed by atoms with Crippen LogP contribution in [-0.4, -0.2) is 65.2 Å². The zero-order chi connectivity index (χ0) is 24.4. The molecular formula is C27H36N4O3. The fourth-order valence-electron chi connectivity index (χ4n) is 5.40. The zero-order valence-electron chi connectivity index (χ0n) is 20.6. The highest BCUT2D eigenvalue weighted by Gasteiger charge is 2.38. The number of piperazine rings is 1. The van der Waals surface area contributed by atoms with Gasteiger partial charge in [-0.15, -0.1) is 0 Å². The first-order valence-electron chi connectivity index (χ1n) is 12.2. The molecule has 0 unspecified atom stereocenters. The quantitative estimate of drug-likeness (QED) is 0.689. The van der Waals surface area contributed by atoms with E-state index in [-0.39, 0.29) is 24.0 Å². The van der Waals surface area contributed by atoms with E-state index >= 15 is 0 Å². The van der Waals surface area contributed by atoms with Crippen LogP contribution in [0.3, 0.4) is 0 Å². The molecule has 34 heavy (non-hydrogen) atoms. The molecule has 1 fully saturated rings. The Morgan fingerprint density at radius 1 is 1.09 bits per heavy atom. The lowest BCUT2D eigenvalue weighted by atomic mass is 9.87. The number of anilines is 1. The molecule has 2 amide bonds. The topological polar surface area (TPSA) is 76.1 Å². The van der Waals surface area contributed by atoms with Crippen LogP contribution < -0.4 is 10.2 Å². The summed E-state index contributed by atoms with van der Waals surface area (Å²) in [5, 5.41) is 13.4. The van der Waals surface area contributed by atoms with Crippen molar-refractivity contribution in [1.29, 1.82) is 0 Å². The van der Waals surface area contributed by atoms with Gasteiger partial charge in [-0.3, -0.25) is 14.6 Å². The fourth-order valence-corrected chi connectivity index (χ4v) is 5.40. The molecule has 182 valence electrons. The van der Waals surface area contributed by atoms with Gasteiger partial charge in [0.05, 0.1) is 6.04 Å². The zero-order valence-corrected chi connectivity index (χ0v) is 20.6. The lowest BCUT2D eigenvalue weighted by Crippen LogP contribution is -2.48. The summed E-state index contributed by atoms with van der Waals surface area (Å²) in [5.41, 5.74) is 5.11. The number of rotatable bonds is 5. The highest BCUT2D eigenvalue weighted by molar-refractivity contribution is 5.94. The third-order valence-electron chi connectivity index (χ3n) is 7.01. The molecule has 0 saturated carbocycles. The van der Waals surface area contributed by atoms with Gasteiger partial charge in [-0.25, -0.2) is 4.79 Å². The number of hydrogen-bond donors (Lipinski definition) is 2. The van der Waals surface area contributed by atoms with Crippen LogP contribution in [0.1, 0.15) is 51.3 Å². The molecule has 0 radical (unpaired) electrons. The van der Waals surface area contributed by atoms with Gasteiger partial charge in [0.25, 0.3) is 0 Å². The van der Waals surface area contributed by atoms with E-state index in [0.29, 0.717) is 6.42 Å². The van der Waals surface area contributed by atoms with Gasteiger partial charge in [-0.1, -0.05) is 30.3 Å². The van der Waals surface area contributed by atoms with Crippen LogP contribution >= 0.6 is 0 Å². The number of benzene rings is 2. The van der Waals surface area contributed by atoms with E-state index in [2.05, 4.69) is 40.5 Å². The molecular weight excluding hydrogens is 428 g/mol. The Kier molecular flexibility index (Phi) is 7.24. The number of carboxylic acid groups (broad SMARTS) is 1. The highest BCUT2D eigenvalue weighted by atomic mass is 16.4. The van der Waals surface area contributed by atoms with E-state index in [0.717, 1.165) is 55.1 Å². The number of amides is 2. The van der Waals surface area contributed by atoms with Crippen LogP contribution in [0.5, 0.6) is 0 Å². The van der Waals surface area contributed by atoms with Crippen LogP contribution in [0.25, 0.3) is 11.1 Å². The largest absolute Gasteiger partial charge is 0.465 e. The second-order valence-electron chi connectivity index (χ2n) is 9.77. The van der Waals surface area contributed by atoms with Gasteiger partial charge in [-0.05, 0) is 61.6 Å². The summed E-state index contributed by atoms with van der Waals surface area (Å²) in [5.74, 6) is -0.0244. The molecule has 2 aliphatic rings. The summed E-state index contributed by atoms with van der Waals surface area (Å²) in [6.07, 6.45) is -0.360. The van der Waals surface area contributed by atoms with Crippen LogP contribution in [0, 0.1) is 0 Å².